The van der Waals surface area contributed by atoms with Gasteiger partial charge in [0.25, 0.3) is 5.91 Å². The second-order valence-electron chi connectivity index (χ2n) is 6.18. The highest BCUT2D eigenvalue weighted by atomic mass is 32.1. The number of hydrogen-bond acceptors (Lipinski definition) is 5. The SMILES string of the molecule is COc1ccc(C)c2sc(NC(=O)c3cccc(Oc4ccccc4)c3)nc12. The van der Waals surface area contributed by atoms with Gasteiger partial charge in [0.1, 0.15) is 22.8 Å². The molecule has 0 bridgehead atoms. The summed E-state index contributed by atoms with van der Waals surface area (Å²) in [4.78, 5) is 17.2. The summed E-state index contributed by atoms with van der Waals surface area (Å²) >= 11 is 1.43. The number of thiazole rings is 1. The molecule has 0 unspecified atom stereocenters. The van der Waals surface area contributed by atoms with Crippen LogP contribution in [-0.4, -0.2) is 18.0 Å². The molecule has 1 amide bonds. The number of nitrogens with zero attached hydrogens (tertiary/aromatic N) is 1. The molecule has 1 aromatic heterocycles. The molecular formula is C22H18N2O3S. The lowest BCUT2D eigenvalue weighted by molar-refractivity contribution is 0.102. The van der Waals surface area contributed by atoms with Crippen LogP contribution in [0.25, 0.3) is 10.2 Å². The minimum absolute atomic E-state index is 0.241. The van der Waals surface area contributed by atoms with Crippen LogP contribution in [0.15, 0.2) is 66.7 Å². The van der Waals surface area contributed by atoms with Gasteiger partial charge < -0.3 is 9.47 Å². The summed E-state index contributed by atoms with van der Waals surface area (Å²) < 4.78 is 12.2. The first kappa shape index (κ1) is 18.0. The van der Waals surface area contributed by atoms with Crippen molar-refractivity contribution in [3.05, 3.63) is 77.9 Å². The molecule has 0 fully saturated rings. The molecular weight excluding hydrogens is 372 g/mol. The van der Waals surface area contributed by atoms with Gasteiger partial charge in [-0.2, -0.15) is 0 Å². The average Bonchev–Trinajstić information content (AvgIpc) is 3.14. The maximum atomic E-state index is 12.7. The summed E-state index contributed by atoms with van der Waals surface area (Å²) in [5, 5.41) is 3.40. The summed E-state index contributed by atoms with van der Waals surface area (Å²) in [6.07, 6.45) is 0. The van der Waals surface area contributed by atoms with E-state index in [0.29, 0.717) is 27.9 Å². The lowest BCUT2D eigenvalue weighted by Crippen LogP contribution is -2.11. The molecule has 0 spiro atoms. The number of para-hydroxylation sites is 1. The van der Waals surface area contributed by atoms with Crippen molar-refractivity contribution in [2.24, 2.45) is 0 Å². The van der Waals surface area contributed by atoms with Crippen LogP contribution in [0.1, 0.15) is 15.9 Å². The normalized spacial score (nSPS) is 10.6. The van der Waals surface area contributed by atoms with Crippen molar-refractivity contribution in [3.8, 4) is 17.2 Å². The molecule has 1 N–H and O–H groups in total. The summed E-state index contributed by atoms with van der Waals surface area (Å²) in [6.45, 7) is 2.01. The van der Waals surface area contributed by atoms with Gasteiger partial charge in [-0.25, -0.2) is 4.98 Å². The fraction of sp³-hybridized carbons (Fsp3) is 0.0909. The molecule has 0 aliphatic heterocycles. The van der Waals surface area contributed by atoms with E-state index in [-0.39, 0.29) is 5.91 Å². The number of rotatable bonds is 5. The van der Waals surface area contributed by atoms with Crippen molar-refractivity contribution in [1.82, 2.24) is 4.98 Å². The smallest absolute Gasteiger partial charge is 0.257 e. The Morgan fingerprint density at radius 2 is 1.79 bits per heavy atom. The molecule has 1 heterocycles. The first-order valence-corrected chi connectivity index (χ1v) is 9.54. The Balaban J connectivity index is 1.56. The number of fused-ring (bicyclic) bond motifs is 1. The number of aromatic nitrogens is 1. The Morgan fingerprint density at radius 3 is 2.57 bits per heavy atom. The van der Waals surface area contributed by atoms with Gasteiger partial charge in [0.2, 0.25) is 0 Å². The van der Waals surface area contributed by atoms with E-state index in [1.54, 1.807) is 25.3 Å². The highest BCUT2D eigenvalue weighted by Gasteiger charge is 2.14. The maximum absolute atomic E-state index is 12.7. The minimum Gasteiger partial charge on any atom is -0.494 e. The molecule has 3 aromatic carbocycles. The van der Waals surface area contributed by atoms with E-state index < -0.39 is 0 Å². The molecule has 4 rings (SSSR count). The van der Waals surface area contributed by atoms with Gasteiger partial charge in [-0.05, 0) is 48.9 Å². The van der Waals surface area contributed by atoms with E-state index >= 15 is 0 Å². The molecule has 0 aliphatic rings. The van der Waals surface area contributed by atoms with Crippen molar-refractivity contribution < 1.29 is 14.3 Å². The summed E-state index contributed by atoms with van der Waals surface area (Å²) in [5.74, 6) is 1.76. The van der Waals surface area contributed by atoms with Gasteiger partial charge in [0, 0.05) is 5.56 Å². The number of anilines is 1. The monoisotopic (exact) mass is 390 g/mol. The first-order valence-electron chi connectivity index (χ1n) is 8.72. The summed E-state index contributed by atoms with van der Waals surface area (Å²) in [5.41, 5.74) is 2.34. The molecule has 0 aliphatic carbocycles. The van der Waals surface area contributed by atoms with E-state index in [9.17, 15) is 4.79 Å². The van der Waals surface area contributed by atoms with Gasteiger partial charge in [-0.3, -0.25) is 10.1 Å². The van der Waals surface area contributed by atoms with Crippen molar-refractivity contribution in [2.75, 3.05) is 12.4 Å². The Bertz CT molecular complexity index is 1140. The number of benzene rings is 3. The molecule has 5 nitrogen and oxygen atoms in total. The van der Waals surface area contributed by atoms with Crippen LogP contribution in [0.4, 0.5) is 5.13 Å². The third-order valence-corrected chi connectivity index (χ3v) is 5.33. The number of carbonyl (C=O) groups excluding carboxylic acids is 1. The third-order valence-electron chi connectivity index (χ3n) is 4.22. The zero-order valence-electron chi connectivity index (χ0n) is 15.4. The molecule has 0 atom stereocenters. The van der Waals surface area contributed by atoms with Crippen LogP contribution in [0, 0.1) is 6.92 Å². The number of amides is 1. The quantitative estimate of drug-likeness (QED) is 0.478. The topological polar surface area (TPSA) is 60.5 Å². The number of ether oxygens (including phenoxy) is 2. The number of hydrogen-bond donors (Lipinski definition) is 1. The number of methoxy groups -OCH3 is 1. The highest BCUT2D eigenvalue weighted by Crippen LogP contribution is 2.35. The molecule has 0 saturated carbocycles. The van der Waals surface area contributed by atoms with Crippen LogP contribution in [0.3, 0.4) is 0 Å². The molecule has 6 heteroatoms. The van der Waals surface area contributed by atoms with Gasteiger partial charge in [0.15, 0.2) is 5.13 Å². The molecule has 28 heavy (non-hydrogen) atoms. The summed E-state index contributed by atoms with van der Waals surface area (Å²) in [6, 6.07) is 20.4. The molecule has 0 saturated heterocycles. The Labute approximate surface area is 166 Å². The average molecular weight is 390 g/mol. The molecule has 0 radical (unpaired) electrons. The van der Waals surface area contributed by atoms with E-state index in [0.717, 1.165) is 15.8 Å². The number of carbonyl (C=O) groups is 1. The zero-order chi connectivity index (χ0) is 19.5. The predicted molar refractivity (Wildman–Crippen MR) is 112 cm³/mol. The molecule has 4 aromatic rings. The van der Waals surface area contributed by atoms with Gasteiger partial charge in [-0.1, -0.05) is 41.7 Å². The van der Waals surface area contributed by atoms with E-state index in [2.05, 4.69) is 10.3 Å². The highest BCUT2D eigenvalue weighted by molar-refractivity contribution is 7.22. The fourth-order valence-electron chi connectivity index (χ4n) is 2.82. The van der Waals surface area contributed by atoms with Crippen LogP contribution in [0.5, 0.6) is 17.2 Å². The first-order chi connectivity index (χ1) is 13.6. The predicted octanol–water partition coefficient (Wildman–Crippen LogP) is 5.66. The lowest BCUT2D eigenvalue weighted by atomic mass is 10.2. The Hall–Kier alpha value is -3.38. The van der Waals surface area contributed by atoms with Crippen molar-refractivity contribution >= 4 is 32.6 Å². The van der Waals surface area contributed by atoms with Gasteiger partial charge in [-0.15, -0.1) is 0 Å². The Morgan fingerprint density at radius 1 is 1.00 bits per heavy atom. The molecule has 140 valence electrons. The van der Waals surface area contributed by atoms with Crippen molar-refractivity contribution in [3.63, 3.8) is 0 Å². The van der Waals surface area contributed by atoms with E-state index in [1.165, 1.54) is 11.3 Å². The zero-order valence-corrected chi connectivity index (χ0v) is 16.2. The second kappa shape index (κ2) is 7.70. The van der Waals surface area contributed by atoms with Crippen LogP contribution in [0.2, 0.25) is 0 Å². The van der Waals surface area contributed by atoms with E-state index in [1.807, 2.05) is 55.5 Å². The fourth-order valence-corrected chi connectivity index (χ4v) is 3.77. The maximum Gasteiger partial charge on any atom is 0.257 e. The van der Waals surface area contributed by atoms with Gasteiger partial charge >= 0.3 is 0 Å². The van der Waals surface area contributed by atoms with Crippen LogP contribution >= 0.6 is 11.3 Å². The number of aryl methyl sites for hydroxylation is 1. The van der Waals surface area contributed by atoms with Gasteiger partial charge in [0.05, 0.1) is 11.8 Å². The van der Waals surface area contributed by atoms with Crippen molar-refractivity contribution in [2.45, 2.75) is 6.92 Å². The second-order valence-corrected chi connectivity index (χ2v) is 7.18. The van der Waals surface area contributed by atoms with Crippen LogP contribution < -0.4 is 14.8 Å². The third kappa shape index (κ3) is 3.68. The lowest BCUT2D eigenvalue weighted by Gasteiger charge is -2.07. The van der Waals surface area contributed by atoms with E-state index in [4.69, 9.17) is 9.47 Å². The minimum atomic E-state index is -0.241. The Kier molecular flexibility index (Phi) is 4.95. The van der Waals surface area contributed by atoms with Crippen LogP contribution in [-0.2, 0) is 0 Å². The number of nitrogens with one attached hydrogen (secondary N) is 1. The standard InChI is InChI=1S/C22H18N2O3S/c1-14-11-12-18(26-2)19-20(14)28-22(23-19)24-21(25)15-7-6-10-17(13-15)27-16-8-4-3-5-9-16/h3-13H,1-2H3,(H,23,24,25). The summed E-state index contributed by atoms with van der Waals surface area (Å²) in [7, 11) is 1.61. The van der Waals surface area contributed by atoms with Crippen molar-refractivity contribution in [1.29, 1.82) is 0 Å². The largest absolute Gasteiger partial charge is 0.494 e.